The van der Waals surface area contributed by atoms with Gasteiger partial charge >= 0.3 is 0 Å². The van der Waals surface area contributed by atoms with Crippen LogP contribution in [0, 0.1) is 0 Å². The highest BCUT2D eigenvalue weighted by Gasteiger charge is 2.11. The third kappa shape index (κ3) is 4.42. The molecule has 1 heterocycles. The van der Waals surface area contributed by atoms with Crippen LogP contribution in [0.25, 0.3) is 0 Å². The summed E-state index contributed by atoms with van der Waals surface area (Å²) < 4.78 is 12.4. The number of carbonyl (C=O) groups excluding carboxylic acids is 1. The molecule has 0 aliphatic carbocycles. The van der Waals surface area contributed by atoms with Gasteiger partial charge in [-0.3, -0.25) is 9.48 Å². The van der Waals surface area contributed by atoms with Crippen LogP contribution in [0.5, 0.6) is 11.5 Å². The maximum Gasteiger partial charge on any atom is 0.228 e. The van der Waals surface area contributed by atoms with E-state index < -0.39 is 0 Å². The Balaban J connectivity index is 1.68. The van der Waals surface area contributed by atoms with E-state index >= 15 is 0 Å². The van der Waals surface area contributed by atoms with Crippen LogP contribution in [0.1, 0.15) is 11.1 Å². The summed E-state index contributed by atoms with van der Waals surface area (Å²) in [4.78, 5) is 12.5. The molecule has 6 nitrogen and oxygen atoms in total. The van der Waals surface area contributed by atoms with Gasteiger partial charge in [-0.15, -0.1) is 0 Å². The van der Waals surface area contributed by atoms with Crippen LogP contribution in [-0.4, -0.2) is 29.9 Å². The Morgan fingerprint density at radius 3 is 2.73 bits per heavy atom. The first-order valence-electron chi connectivity index (χ1n) is 8.25. The molecule has 0 unspecified atom stereocenters. The molecular formula is C20H21N3O3. The van der Waals surface area contributed by atoms with E-state index in [9.17, 15) is 4.79 Å². The SMILES string of the molecule is COc1ccc(OC)c(CC(=O)Nc2cccc(Cn3cccn3)c2)c1. The molecule has 3 rings (SSSR count). The number of ether oxygens (including phenoxy) is 2. The van der Waals surface area contributed by atoms with E-state index in [0.29, 0.717) is 18.0 Å². The number of carbonyl (C=O) groups is 1. The monoisotopic (exact) mass is 351 g/mol. The number of methoxy groups -OCH3 is 2. The third-order valence-electron chi connectivity index (χ3n) is 3.95. The summed E-state index contributed by atoms with van der Waals surface area (Å²) >= 11 is 0. The molecule has 1 aromatic heterocycles. The zero-order valence-corrected chi connectivity index (χ0v) is 14.8. The number of hydrogen-bond acceptors (Lipinski definition) is 4. The number of rotatable bonds is 7. The molecule has 0 saturated heterocycles. The number of nitrogens with one attached hydrogen (secondary N) is 1. The summed E-state index contributed by atoms with van der Waals surface area (Å²) in [7, 11) is 3.18. The average molecular weight is 351 g/mol. The van der Waals surface area contributed by atoms with Crippen LogP contribution in [0.2, 0.25) is 0 Å². The van der Waals surface area contributed by atoms with Gasteiger partial charge in [0.1, 0.15) is 11.5 Å². The quantitative estimate of drug-likeness (QED) is 0.710. The van der Waals surface area contributed by atoms with E-state index in [1.807, 2.05) is 47.3 Å². The molecule has 0 fully saturated rings. The third-order valence-corrected chi connectivity index (χ3v) is 3.95. The van der Waals surface area contributed by atoms with Crippen molar-refractivity contribution in [3.05, 3.63) is 72.1 Å². The van der Waals surface area contributed by atoms with Crippen molar-refractivity contribution < 1.29 is 14.3 Å². The highest BCUT2D eigenvalue weighted by Crippen LogP contribution is 2.24. The fourth-order valence-electron chi connectivity index (χ4n) is 2.73. The van der Waals surface area contributed by atoms with Gasteiger partial charge in [0.05, 0.1) is 27.2 Å². The van der Waals surface area contributed by atoms with Crippen LogP contribution in [0.15, 0.2) is 60.9 Å². The normalized spacial score (nSPS) is 10.4. The van der Waals surface area contributed by atoms with E-state index in [2.05, 4.69) is 10.4 Å². The largest absolute Gasteiger partial charge is 0.497 e. The Morgan fingerprint density at radius 2 is 2.00 bits per heavy atom. The smallest absolute Gasteiger partial charge is 0.228 e. The van der Waals surface area contributed by atoms with Gasteiger partial charge in [-0.05, 0) is 42.0 Å². The molecule has 26 heavy (non-hydrogen) atoms. The lowest BCUT2D eigenvalue weighted by Gasteiger charge is -2.11. The molecular weight excluding hydrogens is 330 g/mol. The topological polar surface area (TPSA) is 65.4 Å². The Labute approximate surface area is 152 Å². The summed E-state index contributed by atoms with van der Waals surface area (Å²) in [6.07, 6.45) is 3.84. The zero-order chi connectivity index (χ0) is 18.4. The second kappa shape index (κ2) is 8.20. The second-order valence-corrected chi connectivity index (χ2v) is 5.81. The van der Waals surface area contributed by atoms with Gasteiger partial charge in [0.25, 0.3) is 0 Å². The van der Waals surface area contributed by atoms with E-state index in [4.69, 9.17) is 9.47 Å². The number of nitrogens with zero attached hydrogens (tertiary/aromatic N) is 2. The van der Waals surface area contributed by atoms with Gasteiger partial charge in [-0.2, -0.15) is 5.10 Å². The molecule has 1 N–H and O–H groups in total. The predicted molar refractivity (Wildman–Crippen MR) is 99.7 cm³/mol. The van der Waals surface area contributed by atoms with Gasteiger partial charge < -0.3 is 14.8 Å². The van der Waals surface area contributed by atoms with Crippen LogP contribution in [0.4, 0.5) is 5.69 Å². The number of amides is 1. The van der Waals surface area contributed by atoms with Gasteiger partial charge in [-0.1, -0.05) is 12.1 Å². The van der Waals surface area contributed by atoms with Crippen LogP contribution in [-0.2, 0) is 17.8 Å². The Morgan fingerprint density at radius 1 is 1.12 bits per heavy atom. The van der Waals surface area contributed by atoms with Crippen LogP contribution >= 0.6 is 0 Å². The van der Waals surface area contributed by atoms with Crippen molar-refractivity contribution in [2.75, 3.05) is 19.5 Å². The zero-order valence-electron chi connectivity index (χ0n) is 14.8. The fraction of sp³-hybridized carbons (Fsp3) is 0.200. The standard InChI is InChI=1S/C20H21N3O3/c1-25-18-7-8-19(26-2)16(12-18)13-20(24)22-17-6-3-5-15(11-17)14-23-10-4-9-21-23/h3-12H,13-14H2,1-2H3,(H,22,24). The lowest BCUT2D eigenvalue weighted by Crippen LogP contribution is -2.15. The van der Waals surface area contributed by atoms with Crippen LogP contribution < -0.4 is 14.8 Å². The minimum absolute atomic E-state index is 0.118. The van der Waals surface area contributed by atoms with Gasteiger partial charge in [-0.25, -0.2) is 0 Å². The minimum atomic E-state index is -0.118. The van der Waals surface area contributed by atoms with Gasteiger partial charge in [0.2, 0.25) is 5.91 Å². The van der Waals surface area contributed by atoms with Crippen molar-refractivity contribution in [1.82, 2.24) is 9.78 Å². The molecule has 0 radical (unpaired) electrons. The van der Waals surface area contributed by atoms with E-state index in [-0.39, 0.29) is 12.3 Å². The summed E-state index contributed by atoms with van der Waals surface area (Å²) in [5, 5.41) is 7.13. The molecule has 0 aliphatic heterocycles. The summed E-state index contributed by atoms with van der Waals surface area (Å²) in [6, 6.07) is 15.0. The number of anilines is 1. The summed E-state index contributed by atoms with van der Waals surface area (Å²) in [5.41, 5.74) is 2.59. The highest BCUT2D eigenvalue weighted by atomic mass is 16.5. The number of hydrogen-bond donors (Lipinski definition) is 1. The Bertz CT molecular complexity index is 876. The first kappa shape index (κ1) is 17.5. The molecule has 3 aromatic rings. The molecule has 2 aromatic carbocycles. The van der Waals surface area contributed by atoms with Crippen LogP contribution in [0.3, 0.4) is 0 Å². The molecule has 0 aliphatic rings. The lowest BCUT2D eigenvalue weighted by molar-refractivity contribution is -0.115. The lowest BCUT2D eigenvalue weighted by atomic mass is 10.1. The van der Waals surface area contributed by atoms with Gasteiger partial charge in [0, 0.05) is 23.6 Å². The molecule has 134 valence electrons. The minimum Gasteiger partial charge on any atom is -0.497 e. The molecule has 0 bridgehead atoms. The first-order valence-corrected chi connectivity index (χ1v) is 8.25. The average Bonchev–Trinajstić information content (AvgIpc) is 3.14. The van der Waals surface area contributed by atoms with Crippen molar-refractivity contribution in [2.24, 2.45) is 0 Å². The molecule has 0 atom stereocenters. The molecule has 6 heteroatoms. The van der Waals surface area contributed by atoms with E-state index in [1.54, 1.807) is 32.5 Å². The van der Waals surface area contributed by atoms with Crippen molar-refractivity contribution in [1.29, 1.82) is 0 Å². The fourth-order valence-corrected chi connectivity index (χ4v) is 2.73. The predicted octanol–water partition coefficient (Wildman–Crippen LogP) is 3.13. The second-order valence-electron chi connectivity index (χ2n) is 5.81. The number of aromatic nitrogens is 2. The van der Waals surface area contributed by atoms with Crippen molar-refractivity contribution in [2.45, 2.75) is 13.0 Å². The highest BCUT2D eigenvalue weighted by molar-refractivity contribution is 5.92. The van der Waals surface area contributed by atoms with E-state index in [1.165, 1.54) is 0 Å². The maximum atomic E-state index is 12.5. The summed E-state index contributed by atoms with van der Waals surface area (Å²) in [6.45, 7) is 0.653. The van der Waals surface area contributed by atoms with Crippen molar-refractivity contribution in [3.63, 3.8) is 0 Å². The maximum absolute atomic E-state index is 12.5. The molecule has 0 spiro atoms. The molecule has 0 saturated carbocycles. The Hall–Kier alpha value is -3.28. The Kier molecular flexibility index (Phi) is 5.53. The number of benzene rings is 2. The molecule has 1 amide bonds. The van der Waals surface area contributed by atoms with E-state index in [0.717, 1.165) is 16.8 Å². The van der Waals surface area contributed by atoms with Crippen molar-refractivity contribution >= 4 is 11.6 Å². The van der Waals surface area contributed by atoms with Crippen molar-refractivity contribution in [3.8, 4) is 11.5 Å². The first-order chi connectivity index (χ1) is 12.7. The summed E-state index contributed by atoms with van der Waals surface area (Å²) in [5.74, 6) is 1.23. The van der Waals surface area contributed by atoms with Gasteiger partial charge in [0.15, 0.2) is 0 Å².